The summed E-state index contributed by atoms with van der Waals surface area (Å²) in [6.07, 6.45) is 5.01. The third-order valence-corrected chi connectivity index (χ3v) is 3.15. The Kier molecular flexibility index (Phi) is 3.07. The Morgan fingerprint density at radius 3 is 2.93 bits per heavy atom. The monoisotopic (exact) mass is 209 g/mol. The molecule has 1 fully saturated rings. The summed E-state index contributed by atoms with van der Waals surface area (Å²) < 4.78 is 1.83. The van der Waals surface area contributed by atoms with Gasteiger partial charge in [0.15, 0.2) is 0 Å². The summed E-state index contributed by atoms with van der Waals surface area (Å²) in [5.74, 6) is 0. The second-order valence-electron chi connectivity index (χ2n) is 4.40. The standard InChI is InChI=1S/C11H19N3O/c1-8-9(7-14(2)13-8)6-12-10-4-3-5-11(10)15/h7,10-12,15H,3-6H2,1-2H3. The van der Waals surface area contributed by atoms with Gasteiger partial charge in [0.25, 0.3) is 0 Å². The third-order valence-electron chi connectivity index (χ3n) is 3.15. The molecule has 84 valence electrons. The molecule has 2 unspecified atom stereocenters. The highest BCUT2D eigenvalue weighted by Crippen LogP contribution is 2.19. The van der Waals surface area contributed by atoms with Gasteiger partial charge in [0.2, 0.25) is 0 Å². The molecule has 1 heterocycles. The largest absolute Gasteiger partial charge is 0.392 e. The maximum Gasteiger partial charge on any atom is 0.0693 e. The molecule has 0 spiro atoms. The van der Waals surface area contributed by atoms with Gasteiger partial charge in [-0.1, -0.05) is 0 Å². The van der Waals surface area contributed by atoms with E-state index >= 15 is 0 Å². The van der Waals surface area contributed by atoms with Gasteiger partial charge in [0.1, 0.15) is 0 Å². The zero-order valence-corrected chi connectivity index (χ0v) is 9.40. The lowest BCUT2D eigenvalue weighted by Gasteiger charge is -2.15. The summed E-state index contributed by atoms with van der Waals surface area (Å²) >= 11 is 0. The van der Waals surface area contributed by atoms with Crippen LogP contribution in [0.3, 0.4) is 0 Å². The molecule has 1 saturated carbocycles. The number of aryl methyl sites for hydroxylation is 2. The fourth-order valence-electron chi connectivity index (χ4n) is 2.24. The Bertz CT molecular complexity index is 335. The van der Waals surface area contributed by atoms with E-state index in [1.807, 2.05) is 24.9 Å². The first-order valence-corrected chi connectivity index (χ1v) is 5.57. The van der Waals surface area contributed by atoms with Gasteiger partial charge >= 0.3 is 0 Å². The van der Waals surface area contributed by atoms with Crippen LogP contribution in [0.1, 0.15) is 30.5 Å². The van der Waals surface area contributed by atoms with Crippen molar-refractivity contribution in [3.63, 3.8) is 0 Å². The molecular formula is C11H19N3O. The smallest absolute Gasteiger partial charge is 0.0693 e. The summed E-state index contributed by atoms with van der Waals surface area (Å²) in [7, 11) is 1.93. The zero-order valence-electron chi connectivity index (χ0n) is 9.40. The van der Waals surface area contributed by atoms with Gasteiger partial charge in [-0.25, -0.2) is 0 Å². The lowest BCUT2D eigenvalue weighted by Crippen LogP contribution is -2.35. The van der Waals surface area contributed by atoms with Gasteiger partial charge in [0.05, 0.1) is 11.8 Å². The number of hydrogen-bond acceptors (Lipinski definition) is 3. The molecule has 0 bridgehead atoms. The first-order chi connectivity index (χ1) is 7.16. The highest BCUT2D eigenvalue weighted by Gasteiger charge is 2.24. The van der Waals surface area contributed by atoms with Gasteiger partial charge in [-0.05, 0) is 26.2 Å². The van der Waals surface area contributed by atoms with Crippen LogP contribution >= 0.6 is 0 Å². The molecule has 0 aliphatic heterocycles. The highest BCUT2D eigenvalue weighted by molar-refractivity contribution is 5.15. The summed E-state index contributed by atoms with van der Waals surface area (Å²) in [5.41, 5.74) is 2.29. The van der Waals surface area contributed by atoms with Crippen LogP contribution in [0.15, 0.2) is 6.20 Å². The van der Waals surface area contributed by atoms with Crippen molar-refractivity contribution in [2.24, 2.45) is 7.05 Å². The number of nitrogens with one attached hydrogen (secondary N) is 1. The van der Waals surface area contributed by atoms with Crippen LogP contribution in [0.25, 0.3) is 0 Å². The van der Waals surface area contributed by atoms with E-state index in [2.05, 4.69) is 10.4 Å². The van der Waals surface area contributed by atoms with Crippen molar-refractivity contribution in [3.8, 4) is 0 Å². The zero-order chi connectivity index (χ0) is 10.8. The van der Waals surface area contributed by atoms with Crippen molar-refractivity contribution < 1.29 is 5.11 Å². The van der Waals surface area contributed by atoms with Crippen molar-refractivity contribution in [1.29, 1.82) is 0 Å². The molecule has 0 amide bonds. The topological polar surface area (TPSA) is 50.1 Å². The van der Waals surface area contributed by atoms with E-state index in [1.165, 1.54) is 5.56 Å². The minimum atomic E-state index is -0.165. The van der Waals surface area contributed by atoms with E-state index in [-0.39, 0.29) is 12.1 Å². The molecular weight excluding hydrogens is 190 g/mol. The predicted octanol–water partition coefficient (Wildman–Crippen LogP) is 0.732. The van der Waals surface area contributed by atoms with Gasteiger partial charge in [0, 0.05) is 31.4 Å². The van der Waals surface area contributed by atoms with E-state index in [4.69, 9.17) is 0 Å². The third kappa shape index (κ3) is 2.38. The lowest BCUT2D eigenvalue weighted by atomic mass is 10.2. The summed E-state index contributed by atoms with van der Waals surface area (Å²) in [6, 6.07) is 0.268. The molecule has 2 N–H and O–H groups in total. The Labute approximate surface area is 90.3 Å². The number of aromatic nitrogens is 2. The van der Waals surface area contributed by atoms with Gasteiger partial charge in [-0.3, -0.25) is 4.68 Å². The minimum absolute atomic E-state index is 0.165. The van der Waals surface area contributed by atoms with Crippen LogP contribution in [-0.4, -0.2) is 27.0 Å². The van der Waals surface area contributed by atoms with Crippen molar-refractivity contribution in [3.05, 3.63) is 17.5 Å². The maximum atomic E-state index is 9.66. The summed E-state index contributed by atoms with van der Waals surface area (Å²) in [5, 5.41) is 17.3. The quantitative estimate of drug-likeness (QED) is 0.771. The van der Waals surface area contributed by atoms with Crippen molar-refractivity contribution in [2.75, 3.05) is 0 Å². The first kappa shape index (κ1) is 10.6. The normalized spacial score (nSPS) is 26.1. The molecule has 4 heteroatoms. The maximum absolute atomic E-state index is 9.66. The molecule has 1 aliphatic rings. The molecule has 4 nitrogen and oxygen atoms in total. The van der Waals surface area contributed by atoms with E-state index < -0.39 is 0 Å². The minimum Gasteiger partial charge on any atom is -0.392 e. The number of hydrogen-bond donors (Lipinski definition) is 2. The van der Waals surface area contributed by atoms with E-state index in [0.29, 0.717) is 0 Å². The molecule has 0 saturated heterocycles. The summed E-state index contributed by atoms with van der Waals surface area (Å²) in [6.45, 7) is 2.82. The predicted molar refractivity (Wildman–Crippen MR) is 58.4 cm³/mol. The first-order valence-electron chi connectivity index (χ1n) is 5.57. The van der Waals surface area contributed by atoms with Gasteiger partial charge < -0.3 is 10.4 Å². The number of aliphatic hydroxyl groups excluding tert-OH is 1. The number of rotatable bonds is 3. The second-order valence-corrected chi connectivity index (χ2v) is 4.40. The van der Waals surface area contributed by atoms with Crippen LogP contribution in [0, 0.1) is 6.92 Å². The molecule has 1 aliphatic carbocycles. The van der Waals surface area contributed by atoms with Crippen LogP contribution in [0.2, 0.25) is 0 Å². The average molecular weight is 209 g/mol. The fraction of sp³-hybridized carbons (Fsp3) is 0.727. The van der Waals surface area contributed by atoms with Gasteiger partial charge in [-0.15, -0.1) is 0 Å². The molecule has 1 aromatic heterocycles. The van der Waals surface area contributed by atoms with Crippen molar-refractivity contribution in [1.82, 2.24) is 15.1 Å². The Balaban J connectivity index is 1.90. The summed E-state index contributed by atoms with van der Waals surface area (Å²) in [4.78, 5) is 0. The number of aliphatic hydroxyl groups is 1. The molecule has 2 atom stereocenters. The van der Waals surface area contributed by atoms with Gasteiger partial charge in [-0.2, -0.15) is 5.10 Å². The average Bonchev–Trinajstić information content (AvgIpc) is 2.70. The Morgan fingerprint density at radius 1 is 1.60 bits per heavy atom. The van der Waals surface area contributed by atoms with Crippen LogP contribution in [0.5, 0.6) is 0 Å². The fourth-order valence-corrected chi connectivity index (χ4v) is 2.24. The number of nitrogens with zero attached hydrogens (tertiary/aromatic N) is 2. The van der Waals surface area contributed by atoms with Crippen LogP contribution < -0.4 is 5.32 Å². The molecule has 15 heavy (non-hydrogen) atoms. The van der Waals surface area contributed by atoms with E-state index in [0.717, 1.165) is 31.5 Å². The van der Waals surface area contributed by atoms with E-state index in [1.54, 1.807) is 0 Å². The van der Waals surface area contributed by atoms with Crippen LogP contribution in [-0.2, 0) is 13.6 Å². The van der Waals surface area contributed by atoms with Crippen molar-refractivity contribution in [2.45, 2.75) is 44.9 Å². The SMILES string of the molecule is Cc1nn(C)cc1CNC1CCCC1O. The second kappa shape index (κ2) is 4.33. The Morgan fingerprint density at radius 2 is 2.40 bits per heavy atom. The molecule has 1 aromatic rings. The van der Waals surface area contributed by atoms with Crippen molar-refractivity contribution >= 4 is 0 Å². The lowest BCUT2D eigenvalue weighted by molar-refractivity contribution is 0.148. The Hall–Kier alpha value is -0.870. The highest BCUT2D eigenvalue weighted by atomic mass is 16.3. The molecule has 2 rings (SSSR count). The van der Waals surface area contributed by atoms with E-state index in [9.17, 15) is 5.11 Å². The molecule has 0 aromatic carbocycles. The molecule has 0 radical (unpaired) electrons. The van der Waals surface area contributed by atoms with Crippen LogP contribution in [0.4, 0.5) is 0 Å².